The molecule has 109 valence electrons. The summed E-state index contributed by atoms with van der Waals surface area (Å²) in [6.45, 7) is 2.09. The predicted octanol–water partition coefficient (Wildman–Crippen LogP) is 4.86. The minimum Gasteiger partial charge on any atom is -0.309 e. The average molecular weight is 319 g/mol. The summed E-state index contributed by atoms with van der Waals surface area (Å²) in [7, 11) is 4.23. The number of fused-ring (bicyclic) bond motifs is 2. The first-order valence-corrected chi connectivity index (χ1v) is 8.33. The molecule has 0 N–H and O–H groups in total. The van der Waals surface area contributed by atoms with Crippen LogP contribution >= 0.6 is 23.4 Å². The van der Waals surface area contributed by atoms with Crippen LogP contribution in [0.4, 0.5) is 11.4 Å². The molecule has 0 unspecified atom stereocenters. The highest BCUT2D eigenvalue weighted by Crippen LogP contribution is 2.48. The van der Waals surface area contributed by atoms with Gasteiger partial charge in [0.2, 0.25) is 11.4 Å². The van der Waals surface area contributed by atoms with Crippen molar-refractivity contribution in [1.82, 2.24) is 9.80 Å². The summed E-state index contributed by atoms with van der Waals surface area (Å²) in [5.74, 6) is 0. The monoisotopic (exact) mass is 318 g/mol. The molecule has 0 saturated heterocycles. The zero-order chi connectivity index (χ0) is 14.8. The summed E-state index contributed by atoms with van der Waals surface area (Å²) < 4.78 is 0. The Labute approximate surface area is 135 Å². The lowest BCUT2D eigenvalue weighted by atomic mass is 10.2. The molecule has 1 aliphatic rings. The van der Waals surface area contributed by atoms with Gasteiger partial charge in [0.25, 0.3) is 0 Å². The lowest BCUT2D eigenvalue weighted by molar-refractivity contribution is 0.391. The number of hydrogen-bond acceptors (Lipinski definition) is 3. The molecule has 0 aliphatic carbocycles. The second kappa shape index (κ2) is 6.41. The Morgan fingerprint density at radius 2 is 1.81 bits per heavy atom. The molecule has 3 rings (SSSR count). The standard InChI is InChI=1S/C17H19ClN2S/c1-19(2)10-5-11-20-14-6-3-4-7-16(14)21-17-9-8-13(18)12-15(17)20/h3-4,6-9,12H,5,10-11H2,1-2H3/q+1. The summed E-state index contributed by atoms with van der Waals surface area (Å²) in [5, 5.41) is 0.798. The molecule has 0 fully saturated rings. The van der Waals surface area contributed by atoms with Crippen LogP contribution in [-0.4, -0.2) is 32.1 Å². The molecule has 2 aromatic rings. The zero-order valence-electron chi connectivity index (χ0n) is 12.3. The van der Waals surface area contributed by atoms with Gasteiger partial charge in [-0.1, -0.05) is 40.4 Å². The van der Waals surface area contributed by atoms with Crippen molar-refractivity contribution in [3.63, 3.8) is 0 Å². The van der Waals surface area contributed by atoms with Gasteiger partial charge in [-0.2, -0.15) is 0 Å². The van der Waals surface area contributed by atoms with Crippen LogP contribution in [0.25, 0.3) is 0 Å². The van der Waals surface area contributed by atoms with Crippen molar-refractivity contribution < 1.29 is 0 Å². The molecule has 2 aromatic carbocycles. The van der Waals surface area contributed by atoms with E-state index < -0.39 is 0 Å². The Bertz CT molecular complexity index is 642. The van der Waals surface area contributed by atoms with Gasteiger partial charge in [-0.25, -0.2) is 0 Å². The van der Waals surface area contributed by atoms with Crippen LogP contribution in [0, 0.1) is 0 Å². The number of hydrogen-bond donors (Lipinski definition) is 0. The molecule has 21 heavy (non-hydrogen) atoms. The van der Waals surface area contributed by atoms with Crippen molar-refractivity contribution in [1.29, 1.82) is 0 Å². The summed E-state index contributed by atoms with van der Waals surface area (Å²) in [4.78, 5) is 7.22. The third-order valence-corrected chi connectivity index (χ3v) is 4.94. The summed E-state index contributed by atoms with van der Waals surface area (Å²) >= 11 is 8.03. The van der Waals surface area contributed by atoms with E-state index in [0.717, 1.165) is 24.5 Å². The summed E-state index contributed by atoms with van der Waals surface area (Å²) in [5.41, 5.74) is 2.51. The third kappa shape index (κ3) is 3.27. The molecule has 1 heterocycles. The van der Waals surface area contributed by atoms with Gasteiger partial charge in [-0.15, -0.1) is 0 Å². The average Bonchev–Trinajstić information content (AvgIpc) is 2.46. The highest BCUT2D eigenvalue weighted by atomic mass is 35.5. The fourth-order valence-corrected chi connectivity index (χ4v) is 3.83. The SMILES string of the molecule is CN(C)CCC[N+]1c2ccccc2Sc2ccc(Cl)cc21. The predicted molar refractivity (Wildman–Crippen MR) is 91.5 cm³/mol. The van der Waals surface area contributed by atoms with Crippen LogP contribution in [0.5, 0.6) is 0 Å². The van der Waals surface area contributed by atoms with Gasteiger partial charge in [0.1, 0.15) is 6.54 Å². The molecule has 1 aliphatic heterocycles. The number of para-hydroxylation sites is 1. The molecular weight excluding hydrogens is 300 g/mol. The second-order valence-electron chi connectivity index (χ2n) is 5.49. The first-order chi connectivity index (χ1) is 10.1. The van der Waals surface area contributed by atoms with E-state index in [-0.39, 0.29) is 0 Å². The van der Waals surface area contributed by atoms with E-state index >= 15 is 0 Å². The third-order valence-electron chi connectivity index (χ3n) is 3.57. The van der Waals surface area contributed by atoms with Crippen molar-refractivity contribution >= 4 is 34.7 Å². The van der Waals surface area contributed by atoms with Gasteiger partial charge in [-0.05, 0) is 32.3 Å². The van der Waals surface area contributed by atoms with Crippen LogP contribution in [-0.2, 0) is 0 Å². The maximum atomic E-state index is 6.21. The molecule has 1 radical (unpaired) electrons. The molecule has 2 nitrogen and oxygen atoms in total. The van der Waals surface area contributed by atoms with E-state index in [1.165, 1.54) is 21.2 Å². The normalized spacial score (nSPS) is 14.1. The van der Waals surface area contributed by atoms with Gasteiger partial charge in [-0.3, -0.25) is 0 Å². The van der Waals surface area contributed by atoms with E-state index in [1.54, 1.807) is 0 Å². The van der Waals surface area contributed by atoms with Crippen molar-refractivity contribution in [2.24, 2.45) is 0 Å². The number of benzene rings is 2. The summed E-state index contributed by atoms with van der Waals surface area (Å²) in [6, 6.07) is 14.8. The highest BCUT2D eigenvalue weighted by molar-refractivity contribution is 7.99. The number of rotatable bonds is 4. The van der Waals surface area contributed by atoms with Crippen molar-refractivity contribution in [3.8, 4) is 0 Å². The van der Waals surface area contributed by atoms with Gasteiger partial charge < -0.3 is 4.90 Å². The minimum absolute atomic E-state index is 0.798. The smallest absolute Gasteiger partial charge is 0.202 e. The van der Waals surface area contributed by atoms with Crippen molar-refractivity contribution in [3.05, 3.63) is 47.5 Å². The molecule has 4 heteroatoms. The van der Waals surface area contributed by atoms with Crippen LogP contribution in [0.2, 0.25) is 5.02 Å². The van der Waals surface area contributed by atoms with E-state index in [9.17, 15) is 0 Å². The number of halogens is 1. The molecule has 0 atom stereocenters. The maximum Gasteiger partial charge on any atom is 0.202 e. The van der Waals surface area contributed by atoms with E-state index in [2.05, 4.69) is 60.3 Å². The Kier molecular flexibility index (Phi) is 4.55. The molecule has 0 saturated carbocycles. The van der Waals surface area contributed by atoms with Crippen molar-refractivity contribution in [2.45, 2.75) is 16.2 Å². The lowest BCUT2D eigenvalue weighted by Crippen LogP contribution is -2.26. The van der Waals surface area contributed by atoms with Gasteiger partial charge in [0.05, 0.1) is 9.79 Å². The Hall–Kier alpha value is -1.00. The molecule has 0 bridgehead atoms. The fraction of sp³-hybridized carbons (Fsp3) is 0.294. The largest absolute Gasteiger partial charge is 0.309 e. The lowest BCUT2D eigenvalue weighted by Gasteiger charge is -2.21. The zero-order valence-corrected chi connectivity index (χ0v) is 13.9. The molecular formula is C17H19ClN2S+. The Morgan fingerprint density at radius 3 is 2.62 bits per heavy atom. The molecule has 0 aromatic heterocycles. The minimum atomic E-state index is 0.798. The Balaban J connectivity index is 1.94. The van der Waals surface area contributed by atoms with Crippen LogP contribution in [0.3, 0.4) is 0 Å². The second-order valence-corrected chi connectivity index (χ2v) is 7.01. The van der Waals surface area contributed by atoms with E-state index in [0.29, 0.717) is 0 Å². The van der Waals surface area contributed by atoms with Crippen LogP contribution in [0.1, 0.15) is 6.42 Å². The van der Waals surface area contributed by atoms with Gasteiger partial charge in [0, 0.05) is 30.1 Å². The Morgan fingerprint density at radius 1 is 1.05 bits per heavy atom. The molecule has 0 amide bonds. The van der Waals surface area contributed by atoms with E-state index in [1.807, 2.05) is 17.8 Å². The first-order valence-electron chi connectivity index (χ1n) is 7.14. The topological polar surface area (TPSA) is 9.14 Å². The fourth-order valence-electron chi connectivity index (χ4n) is 2.59. The van der Waals surface area contributed by atoms with Crippen LogP contribution < -0.4 is 4.90 Å². The first kappa shape index (κ1) is 14.9. The molecule has 0 spiro atoms. The maximum absolute atomic E-state index is 6.21. The summed E-state index contributed by atoms with van der Waals surface area (Å²) in [6.07, 6.45) is 1.12. The highest BCUT2D eigenvalue weighted by Gasteiger charge is 2.33. The van der Waals surface area contributed by atoms with Crippen molar-refractivity contribution in [2.75, 3.05) is 27.2 Å². The number of anilines is 2. The number of nitrogens with zero attached hydrogens (tertiary/aromatic N) is 2. The van der Waals surface area contributed by atoms with Crippen LogP contribution in [0.15, 0.2) is 52.3 Å². The van der Waals surface area contributed by atoms with E-state index in [4.69, 9.17) is 11.6 Å². The quantitative estimate of drug-likeness (QED) is 0.744. The van der Waals surface area contributed by atoms with Gasteiger partial charge >= 0.3 is 0 Å². The van der Waals surface area contributed by atoms with Gasteiger partial charge in [0.15, 0.2) is 0 Å².